The third-order valence-electron chi connectivity index (χ3n) is 5.15. The molecule has 0 saturated heterocycles. The van der Waals surface area contributed by atoms with Gasteiger partial charge in [-0.05, 0) is 60.4 Å². The third-order valence-corrected chi connectivity index (χ3v) is 5.73. The molecule has 0 bridgehead atoms. The predicted molar refractivity (Wildman–Crippen MR) is 101 cm³/mol. The summed E-state index contributed by atoms with van der Waals surface area (Å²) in [5, 5.41) is 12.9. The molecule has 2 N–H and O–H groups in total. The van der Waals surface area contributed by atoms with Crippen molar-refractivity contribution in [3.05, 3.63) is 53.0 Å². The van der Waals surface area contributed by atoms with Crippen LogP contribution in [0, 0.1) is 5.92 Å². The summed E-state index contributed by atoms with van der Waals surface area (Å²) in [7, 11) is 0. The first-order chi connectivity index (χ1) is 12.6. The second-order valence-electron chi connectivity index (χ2n) is 7.00. The minimum Gasteiger partial charge on any atom is -0.493 e. The monoisotopic (exact) mass is 373 g/mol. The number of hydrogen-bond acceptors (Lipinski definition) is 5. The minimum atomic E-state index is -0.269. The molecule has 6 heteroatoms. The average molecular weight is 373 g/mol. The summed E-state index contributed by atoms with van der Waals surface area (Å²) < 4.78 is 11.2. The van der Waals surface area contributed by atoms with E-state index in [1.165, 1.54) is 5.56 Å². The maximum atomic E-state index is 12.7. The molecule has 4 rings (SSSR count). The van der Waals surface area contributed by atoms with E-state index in [9.17, 15) is 9.90 Å². The molecule has 1 fully saturated rings. The zero-order chi connectivity index (χ0) is 18.1. The molecule has 1 aliphatic heterocycles. The third kappa shape index (κ3) is 3.48. The number of nitrogens with one attached hydrogen (secondary N) is 1. The first kappa shape index (κ1) is 17.5. The molecule has 2 aromatic rings. The van der Waals surface area contributed by atoms with Crippen LogP contribution in [0.3, 0.4) is 0 Å². The van der Waals surface area contributed by atoms with Crippen molar-refractivity contribution < 1.29 is 19.1 Å². The highest BCUT2D eigenvalue weighted by atomic mass is 32.2. The van der Waals surface area contributed by atoms with Gasteiger partial charge in [-0.25, -0.2) is 0 Å². The summed E-state index contributed by atoms with van der Waals surface area (Å²) in [6.45, 7) is 0.711. The van der Waals surface area contributed by atoms with E-state index in [0.717, 1.165) is 29.2 Å². The van der Waals surface area contributed by atoms with Crippen LogP contribution in [0.5, 0.6) is 5.75 Å². The number of aliphatic hydroxyl groups is 1. The molecule has 1 aromatic carbocycles. The minimum absolute atomic E-state index is 0.133. The fraction of sp³-hybridized carbons (Fsp3) is 0.450. The van der Waals surface area contributed by atoms with Crippen molar-refractivity contribution in [1.29, 1.82) is 0 Å². The van der Waals surface area contributed by atoms with Crippen molar-refractivity contribution in [2.24, 2.45) is 5.92 Å². The number of thioether (sulfide) groups is 1. The topological polar surface area (TPSA) is 71.7 Å². The summed E-state index contributed by atoms with van der Waals surface area (Å²) in [6, 6.07) is 9.56. The highest BCUT2D eigenvalue weighted by molar-refractivity contribution is 7.97. The normalized spacial score (nSPS) is 22.2. The van der Waals surface area contributed by atoms with E-state index in [1.54, 1.807) is 17.8 Å². The van der Waals surface area contributed by atoms with Crippen LogP contribution in [-0.4, -0.2) is 30.0 Å². The van der Waals surface area contributed by atoms with Gasteiger partial charge in [0.15, 0.2) is 5.76 Å². The molecule has 138 valence electrons. The molecule has 1 aromatic heterocycles. The van der Waals surface area contributed by atoms with Crippen LogP contribution >= 0.6 is 11.8 Å². The molecule has 2 heterocycles. The summed E-state index contributed by atoms with van der Waals surface area (Å²) >= 11 is 1.65. The predicted octanol–water partition coefficient (Wildman–Crippen LogP) is 3.32. The summed E-state index contributed by atoms with van der Waals surface area (Å²) in [4.78, 5) is 12.7. The summed E-state index contributed by atoms with van der Waals surface area (Å²) in [5.74, 6) is 2.84. The van der Waals surface area contributed by atoms with Gasteiger partial charge < -0.3 is 19.6 Å². The van der Waals surface area contributed by atoms with E-state index >= 15 is 0 Å². The van der Waals surface area contributed by atoms with E-state index in [-0.39, 0.29) is 24.0 Å². The number of hydrogen-bond donors (Lipinski definition) is 2. The molecular weight excluding hydrogens is 350 g/mol. The molecule has 1 saturated carbocycles. The number of furan rings is 1. The lowest BCUT2D eigenvalue weighted by Gasteiger charge is -2.38. The molecule has 2 aliphatic rings. The number of amides is 1. The van der Waals surface area contributed by atoms with Crippen LogP contribution in [0.1, 0.15) is 46.3 Å². The molecule has 5 nitrogen and oxygen atoms in total. The van der Waals surface area contributed by atoms with Crippen molar-refractivity contribution in [3.8, 4) is 5.75 Å². The highest BCUT2D eigenvalue weighted by Gasteiger charge is 2.36. The van der Waals surface area contributed by atoms with E-state index < -0.39 is 0 Å². The smallest absolute Gasteiger partial charge is 0.287 e. The first-order valence-electron chi connectivity index (χ1n) is 8.96. The van der Waals surface area contributed by atoms with Gasteiger partial charge in [0.25, 0.3) is 5.91 Å². The molecule has 26 heavy (non-hydrogen) atoms. The number of aliphatic hydroxyl groups excluding tert-OH is 1. The van der Waals surface area contributed by atoms with Gasteiger partial charge in [-0.2, -0.15) is 11.8 Å². The largest absolute Gasteiger partial charge is 0.493 e. The molecule has 0 unspecified atom stereocenters. The SMILES string of the molecule is CSCc1ccc(C(=O)N[C@@H](c2ccc3c(c2)CCO3)C2CC(O)C2)o1. The second kappa shape index (κ2) is 7.37. The molecule has 0 radical (unpaired) electrons. The zero-order valence-corrected chi connectivity index (χ0v) is 15.6. The Bertz CT molecular complexity index is 797. The van der Waals surface area contributed by atoms with Gasteiger partial charge in [-0.15, -0.1) is 0 Å². The second-order valence-corrected chi connectivity index (χ2v) is 7.87. The molecule has 1 atom stereocenters. The van der Waals surface area contributed by atoms with Gasteiger partial charge in [0.1, 0.15) is 11.5 Å². The van der Waals surface area contributed by atoms with Gasteiger partial charge >= 0.3 is 0 Å². The Labute approximate surface area is 157 Å². The standard InChI is InChI=1S/C20H23NO4S/c1-26-11-16-3-5-18(25-16)20(23)21-19(14-9-15(22)10-14)13-2-4-17-12(8-13)6-7-24-17/h2-5,8,14-15,19,22H,6-7,9-11H2,1H3,(H,21,23)/t14?,15?,19-/m0/s1. The fourth-order valence-electron chi connectivity index (χ4n) is 3.71. The first-order valence-corrected chi connectivity index (χ1v) is 10.4. The Kier molecular flexibility index (Phi) is 4.96. The number of ether oxygens (including phenoxy) is 1. The Morgan fingerprint density at radius 1 is 1.35 bits per heavy atom. The number of rotatable bonds is 6. The number of benzene rings is 1. The Morgan fingerprint density at radius 2 is 2.19 bits per heavy atom. The van der Waals surface area contributed by atoms with Crippen molar-refractivity contribution in [2.75, 3.05) is 12.9 Å². The lowest BCUT2D eigenvalue weighted by atomic mass is 9.75. The van der Waals surface area contributed by atoms with Gasteiger partial charge in [-0.3, -0.25) is 4.79 Å². The quantitative estimate of drug-likeness (QED) is 0.813. The molecular formula is C20H23NO4S. The fourth-order valence-corrected chi connectivity index (χ4v) is 4.15. The van der Waals surface area contributed by atoms with Crippen molar-refractivity contribution >= 4 is 17.7 Å². The van der Waals surface area contributed by atoms with Crippen LogP contribution in [0.2, 0.25) is 0 Å². The summed E-state index contributed by atoms with van der Waals surface area (Å²) in [6.07, 6.45) is 4.03. The molecule has 0 spiro atoms. The molecule has 1 aliphatic carbocycles. The Hall–Kier alpha value is -1.92. The van der Waals surface area contributed by atoms with Gasteiger partial charge in [0.2, 0.25) is 0 Å². The van der Waals surface area contributed by atoms with E-state index in [2.05, 4.69) is 11.4 Å². The lowest BCUT2D eigenvalue weighted by Crippen LogP contribution is -2.41. The summed E-state index contributed by atoms with van der Waals surface area (Å²) in [5.41, 5.74) is 2.25. The van der Waals surface area contributed by atoms with Crippen LogP contribution < -0.4 is 10.1 Å². The van der Waals surface area contributed by atoms with Crippen LogP contribution in [-0.2, 0) is 12.2 Å². The van der Waals surface area contributed by atoms with E-state index in [4.69, 9.17) is 9.15 Å². The van der Waals surface area contributed by atoms with Crippen molar-refractivity contribution in [3.63, 3.8) is 0 Å². The van der Waals surface area contributed by atoms with Crippen LogP contribution in [0.25, 0.3) is 0 Å². The van der Waals surface area contributed by atoms with Gasteiger partial charge in [0, 0.05) is 6.42 Å². The van der Waals surface area contributed by atoms with Crippen molar-refractivity contribution in [1.82, 2.24) is 5.32 Å². The maximum Gasteiger partial charge on any atom is 0.287 e. The van der Waals surface area contributed by atoms with E-state index in [0.29, 0.717) is 25.2 Å². The van der Waals surface area contributed by atoms with Crippen molar-refractivity contribution in [2.45, 2.75) is 37.2 Å². The van der Waals surface area contributed by atoms with Gasteiger partial charge in [0.05, 0.1) is 24.5 Å². The number of carbonyl (C=O) groups excluding carboxylic acids is 1. The van der Waals surface area contributed by atoms with E-state index in [1.807, 2.05) is 24.5 Å². The number of fused-ring (bicyclic) bond motifs is 1. The average Bonchev–Trinajstić information content (AvgIpc) is 3.26. The van der Waals surface area contributed by atoms with Gasteiger partial charge in [-0.1, -0.05) is 6.07 Å². The maximum absolute atomic E-state index is 12.7. The van der Waals surface area contributed by atoms with Crippen LogP contribution in [0.15, 0.2) is 34.7 Å². The Morgan fingerprint density at radius 3 is 2.96 bits per heavy atom. The number of carbonyl (C=O) groups is 1. The lowest BCUT2D eigenvalue weighted by molar-refractivity contribution is 0.0232. The molecule has 1 amide bonds. The zero-order valence-electron chi connectivity index (χ0n) is 14.7. The Balaban J connectivity index is 1.54. The highest BCUT2D eigenvalue weighted by Crippen LogP contribution is 2.40. The van der Waals surface area contributed by atoms with Crippen LogP contribution in [0.4, 0.5) is 0 Å².